The third-order valence-electron chi connectivity index (χ3n) is 5.15. The van der Waals surface area contributed by atoms with Gasteiger partial charge in [-0.1, -0.05) is 47.7 Å². The van der Waals surface area contributed by atoms with Crippen molar-refractivity contribution in [1.29, 1.82) is 0 Å². The maximum Gasteiger partial charge on any atom is 0.276 e. The van der Waals surface area contributed by atoms with Crippen molar-refractivity contribution < 1.29 is 4.79 Å². The molecule has 4 aromatic rings. The van der Waals surface area contributed by atoms with Crippen molar-refractivity contribution in [1.82, 2.24) is 24.9 Å². The molecular weight excluding hydrogens is 350 g/mol. The molecule has 1 aliphatic carbocycles. The van der Waals surface area contributed by atoms with Crippen molar-refractivity contribution in [2.24, 2.45) is 0 Å². The van der Waals surface area contributed by atoms with Crippen molar-refractivity contribution in [3.05, 3.63) is 95.9 Å². The van der Waals surface area contributed by atoms with E-state index < -0.39 is 0 Å². The first kappa shape index (κ1) is 16.5. The molecule has 0 fully saturated rings. The lowest BCUT2D eigenvalue weighted by atomic mass is 10.1. The van der Waals surface area contributed by atoms with E-state index in [4.69, 9.17) is 0 Å². The summed E-state index contributed by atoms with van der Waals surface area (Å²) in [6, 6.07) is 21.8. The normalized spacial score (nSPS) is 15.4. The fraction of sp³-hybridized carbons (Fsp3) is 0.136. The summed E-state index contributed by atoms with van der Waals surface area (Å²) in [6.45, 7) is 0. The molecule has 2 aromatic carbocycles. The molecule has 0 saturated carbocycles. The summed E-state index contributed by atoms with van der Waals surface area (Å²) in [5.74, 6) is 0.410. The highest BCUT2D eigenvalue weighted by molar-refractivity contribution is 5.95. The molecule has 0 bridgehead atoms. The second kappa shape index (κ2) is 6.81. The van der Waals surface area contributed by atoms with E-state index in [1.807, 2.05) is 71.6 Å². The smallest absolute Gasteiger partial charge is 0.276 e. The summed E-state index contributed by atoms with van der Waals surface area (Å²) in [5.41, 5.74) is 3.65. The molecule has 0 saturated heterocycles. The summed E-state index contributed by atoms with van der Waals surface area (Å²) in [7, 11) is 0. The molecule has 5 rings (SSSR count). The molecule has 0 spiro atoms. The van der Waals surface area contributed by atoms with Gasteiger partial charge >= 0.3 is 0 Å². The first-order valence-corrected chi connectivity index (χ1v) is 9.34. The average Bonchev–Trinajstić information content (AvgIpc) is 3.48. The highest BCUT2D eigenvalue weighted by Gasteiger charge is 2.27. The molecule has 2 heterocycles. The Morgan fingerprint density at radius 1 is 0.964 bits per heavy atom. The molecule has 28 heavy (non-hydrogen) atoms. The van der Waals surface area contributed by atoms with Gasteiger partial charge in [-0.05, 0) is 48.2 Å². The number of aromatic nitrogens is 4. The number of amides is 1. The number of fused-ring (bicyclic) bond motifs is 1. The van der Waals surface area contributed by atoms with Crippen LogP contribution >= 0.6 is 0 Å². The van der Waals surface area contributed by atoms with Crippen LogP contribution in [0.25, 0.3) is 11.5 Å². The Kier molecular flexibility index (Phi) is 4.01. The van der Waals surface area contributed by atoms with Crippen LogP contribution in [0, 0.1) is 0 Å². The number of carbonyl (C=O) groups excluding carboxylic acids is 1. The quantitative estimate of drug-likeness (QED) is 0.599. The fourth-order valence-electron chi connectivity index (χ4n) is 3.81. The van der Waals surface area contributed by atoms with Gasteiger partial charge < -0.3 is 9.88 Å². The third-order valence-corrected chi connectivity index (χ3v) is 5.15. The first-order valence-electron chi connectivity index (χ1n) is 9.34. The van der Waals surface area contributed by atoms with Crippen LogP contribution in [-0.2, 0) is 6.42 Å². The Bertz CT molecular complexity index is 1120. The van der Waals surface area contributed by atoms with E-state index in [0.717, 1.165) is 18.5 Å². The Morgan fingerprint density at radius 2 is 1.71 bits per heavy atom. The van der Waals surface area contributed by atoms with Crippen LogP contribution in [0.4, 0.5) is 0 Å². The van der Waals surface area contributed by atoms with Gasteiger partial charge in [-0.25, -0.2) is 0 Å². The number of hydrogen-bond acceptors (Lipinski definition) is 3. The molecule has 0 radical (unpaired) electrons. The zero-order valence-corrected chi connectivity index (χ0v) is 15.2. The molecule has 1 aliphatic rings. The zero-order valence-electron chi connectivity index (χ0n) is 15.2. The lowest BCUT2D eigenvalue weighted by Gasteiger charge is -2.14. The summed E-state index contributed by atoms with van der Waals surface area (Å²) in [5, 5.41) is 11.6. The van der Waals surface area contributed by atoms with Gasteiger partial charge in [-0.3, -0.25) is 4.79 Å². The SMILES string of the molecule is O=C(N[C@H]1CCc2ccccc21)c1nnn(-c2ccccc2)c1-n1cccc1. The van der Waals surface area contributed by atoms with Crippen LogP contribution in [0.5, 0.6) is 0 Å². The molecule has 6 nitrogen and oxygen atoms in total. The number of benzene rings is 2. The van der Waals surface area contributed by atoms with E-state index in [1.54, 1.807) is 4.68 Å². The number of nitrogens with one attached hydrogen (secondary N) is 1. The van der Waals surface area contributed by atoms with Crippen LogP contribution in [0.1, 0.15) is 34.1 Å². The molecule has 0 unspecified atom stereocenters. The van der Waals surface area contributed by atoms with Crippen molar-refractivity contribution in [2.75, 3.05) is 0 Å². The number of rotatable bonds is 4. The molecule has 1 amide bonds. The minimum absolute atomic E-state index is 0.00286. The number of para-hydroxylation sites is 1. The third kappa shape index (κ3) is 2.79. The zero-order chi connectivity index (χ0) is 18.9. The molecule has 6 heteroatoms. The summed E-state index contributed by atoms with van der Waals surface area (Å²) in [4.78, 5) is 13.1. The van der Waals surface area contributed by atoms with Crippen LogP contribution < -0.4 is 5.32 Å². The molecule has 0 aliphatic heterocycles. The number of hydrogen-bond donors (Lipinski definition) is 1. The average molecular weight is 369 g/mol. The Hall–Kier alpha value is -3.67. The predicted octanol–water partition coefficient (Wildman–Crippen LogP) is 3.48. The van der Waals surface area contributed by atoms with Crippen LogP contribution in [0.15, 0.2) is 79.1 Å². The molecule has 1 N–H and O–H groups in total. The Morgan fingerprint density at radius 3 is 2.54 bits per heavy atom. The number of carbonyl (C=O) groups is 1. The second-order valence-corrected chi connectivity index (χ2v) is 6.86. The predicted molar refractivity (Wildman–Crippen MR) is 106 cm³/mol. The van der Waals surface area contributed by atoms with Gasteiger partial charge in [-0.2, -0.15) is 4.68 Å². The highest BCUT2D eigenvalue weighted by atomic mass is 16.2. The van der Waals surface area contributed by atoms with E-state index in [2.05, 4.69) is 27.8 Å². The largest absolute Gasteiger partial charge is 0.344 e. The Balaban J connectivity index is 1.52. The summed E-state index contributed by atoms with van der Waals surface area (Å²) in [6.07, 6.45) is 5.65. The highest BCUT2D eigenvalue weighted by Crippen LogP contribution is 2.31. The van der Waals surface area contributed by atoms with Crippen molar-refractivity contribution >= 4 is 5.91 Å². The lowest BCUT2D eigenvalue weighted by Crippen LogP contribution is -2.28. The first-order chi connectivity index (χ1) is 13.8. The maximum atomic E-state index is 13.1. The van der Waals surface area contributed by atoms with E-state index in [1.165, 1.54) is 11.1 Å². The van der Waals surface area contributed by atoms with Gasteiger partial charge in [0.05, 0.1) is 11.7 Å². The van der Waals surface area contributed by atoms with Crippen LogP contribution in [0.3, 0.4) is 0 Å². The molecular formula is C22H19N5O. The van der Waals surface area contributed by atoms with E-state index >= 15 is 0 Å². The topological polar surface area (TPSA) is 64.7 Å². The Labute approximate surface area is 162 Å². The molecule has 1 atom stereocenters. The van der Waals surface area contributed by atoms with Gasteiger partial charge in [0.15, 0.2) is 11.5 Å². The van der Waals surface area contributed by atoms with Gasteiger partial charge in [0.25, 0.3) is 5.91 Å². The van der Waals surface area contributed by atoms with Gasteiger partial charge in [0, 0.05) is 12.4 Å². The monoisotopic (exact) mass is 369 g/mol. The van der Waals surface area contributed by atoms with Crippen LogP contribution in [0.2, 0.25) is 0 Å². The lowest BCUT2D eigenvalue weighted by molar-refractivity contribution is 0.0931. The maximum absolute atomic E-state index is 13.1. The van der Waals surface area contributed by atoms with Crippen molar-refractivity contribution in [2.45, 2.75) is 18.9 Å². The second-order valence-electron chi connectivity index (χ2n) is 6.86. The minimum Gasteiger partial charge on any atom is -0.344 e. The van der Waals surface area contributed by atoms with Gasteiger partial charge in [-0.15, -0.1) is 5.10 Å². The van der Waals surface area contributed by atoms with Crippen molar-refractivity contribution in [3.8, 4) is 11.5 Å². The number of aryl methyl sites for hydroxylation is 1. The number of nitrogens with zero attached hydrogens (tertiary/aromatic N) is 4. The van der Waals surface area contributed by atoms with E-state index in [9.17, 15) is 4.79 Å². The van der Waals surface area contributed by atoms with Crippen LogP contribution in [-0.4, -0.2) is 25.5 Å². The van der Waals surface area contributed by atoms with Gasteiger partial charge in [0.1, 0.15) is 0 Å². The van der Waals surface area contributed by atoms with Crippen molar-refractivity contribution in [3.63, 3.8) is 0 Å². The summed E-state index contributed by atoms with van der Waals surface area (Å²) < 4.78 is 3.56. The standard InChI is InChI=1S/C22H19N5O/c28-21(23-19-13-12-16-8-4-5-11-18(16)19)20-22(26-14-6-7-15-26)27(25-24-20)17-9-2-1-3-10-17/h1-11,14-15,19H,12-13H2,(H,23,28)/t19-/m0/s1. The molecule has 138 valence electrons. The van der Waals surface area contributed by atoms with Gasteiger partial charge in [0.2, 0.25) is 0 Å². The summed E-state index contributed by atoms with van der Waals surface area (Å²) >= 11 is 0. The van der Waals surface area contributed by atoms with E-state index in [0.29, 0.717) is 11.5 Å². The minimum atomic E-state index is -0.215. The van der Waals surface area contributed by atoms with E-state index in [-0.39, 0.29) is 11.9 Å². The fourth-order valence-corrected chi connectivity index (χ4v) is 3.81. The molecule has 2 aromatic heterocycles.